The zero-order valence-corrected chi connectivity index (χ0v) is 9.18. The van der Waals surface area contributed by atoms with Crippen LogP contribution in [0.3, 0.4) is 0 Å². The molecule has 0 aromatic heterocycles. The highest BCUT2D eigenvalue weighted by Gasteiger charge is 2.21. The number of amides is 1. The minimum Gasteiger partial charge on any atom is -0.317 e. The molecule has 0 bridgehead atoms. The van der Waals surface area contributed by atoms with E-state index in [0.717, 1.165) is 38.9 Å². The first-order chi connectivity index (χ1) is 6.74. The van der Waals surface area contributed by atoms with E-state index in [0.29, 0.717) is 0 Å². The molecular weight excluding hydrogens is 178 g/mol. The first-order valence-corrected chi connectivity index (χ1v) is 5.46. The SMILES string of the molecule is CCCN(C)NC(=O)C1CCNCC1. The van der Waals surface area contributed by atoms with Crippen molar-refractivity contribution in [1.29, 1.82) is 0 Å². The van der Waals surface area contributed by atoms with Crippen molar-refractivity contribution in [2.24, 2.45) is 5.92 Å². The van der Waals surface area contributed by atoms with Gasteiger partial charge in [0.2, 0.25) is 5.91 Å². The minimum atomic E-state index is 0.183. The van der Waals surface area contributed by atoms with E-state index >= 15 is 0 Å². The number of hydrogen-bond donors (Lipinski definition) is 2. The molecule has 2 N–H and O–H groups in total. The third kappa shape index (κ3) is 3.64. The van der Waals surface area contributed by atoms with Crippen molar-refractivity contribution in [3.8, 4) is 0 Å². The molecule has 0 radical (unpaired) electrons. The van der Waals surface area contributed by atoms with Gasteiger partial charge in [-0.15, -0.1) is 0 Å². The van der Waals surface area contributed by atoms with E-state index in [-0.39, 0.29) is 11.8 Å². The highest BCUT2D eigenvalue weighted by Crippen LogP contribution is 2.11. The van der Waals surface area contributed by atoms with Crippen LogP contribution >= 0.6 is 0 Å². The highest BCUT2D eigenvalue weighted by molar-refractivity contribution is 5.78. The van der Waals surface area contributed by atoms with Gasteiger partial charge in [-0.05, 0) is 32.4 Å². The van der Waals surface area contributed by atoms with Crippen LogP contribution < -0.4 is 10.7 Å². The molecule has 0 spiro atoms. The Morgan fingerprint density at radius 3 is 2.71 bits per heavy atom. The quantitative estimate of drug-likeness (QED) is 0.643. The molecule has 14 heavy (non-hydrogen) atoms. The average molecular weight is 199 g/mol. The maximum absolute atomic E-state index is 11.7. The van der Waals surface area contributed by atoms with Gasteiger partial charge in [0.1, 0.15) is 0 Å². The molecule has 1 saturated heterocycles. The molecule has 82 valence electrons. The molecule has 0 saturated carbocycles. The zero-order valence-electron chi connectivity index (χ0n) is 9.18. The van der Waals surface area contributed by atoms with Gasteiger partial charge in [-0.2, -0.15) is 0 Å². The van der Waals surface area contributed by atoms with Crippen LogP contribution in [0, 0.1) is 5.92 Å². The van der Waals surface area contributed by atoms with E-state index in [9.17, 15) is 4.79 Å². The van der Waals surface area contributed by atoms with Gasteiger partial charge < -0.3 is 5.32 Å². The van der Waals surface area contributed by atoms with Crippen LogP contribution in [0.2, 0.25) is 0 Å². The number of rotatable bonds is 4. The monoisotopic (exact) mass is 199 g/mol. The number of nitrogens with zero attached hydrogens (tertiary/aromatic N) is 1. The summed E-state index contributed by atoms with van der Waals surface area (Å²) in [6.07, 6.45) is 2.99. The normalized spacial score (nSPS) is 18.5. The van der Waals surface area contributed by atoms with Crippen molar-refractivity contribution >= 4 is 5.91 Å². The predicted molar refractivity (Wildman–Crippen MR) is 56.7 cm³/mol. The van der Waals surface area contributed by atoms with Gasteiger partial charge in [0.25, 0.3) is 0 Å². The third-order valence-electron chi connectivity index (χ3n) is 2.57. The first kappa shape index (κ1) is 11.5. The Kier molecular flexibility index (Phi) is 4.90. The van der Waals surface area contributed by atoms with Crippen LogP contribution in [0.25, 0.3) is 0 Å². The molecule has 1 aliphatic rings. The van der Waals surface area contributed by atoms with Crippen LogP contribution in [-0.4, -0.2) is 37.6 Å². The summed E-state index contributed by atoms with van der Waals surface area (Å²) >= 11 is 0. The molecule has 1 amide bonds. The zero-order chi connectivity index (χ0) is 10.4. The van der Waals surface area contributed by atoms with Crippen LogP contribution in [0.4, 0.5) is 0 Å². The van der Waals surface area contributed by atoms with Crippen LogP contribution in [-0.2, 0) is 4.79 Å². The highest BCUT2D eigenvalue weighted by atomic mass is 16.2. The van der Waals surface area contributed by atoms with E-state index in [1.807, 2.05) is 12.1 Å². The topological polar surface area (TPSA) is 44.4 Å². The fourth-order valence-corrected chi connectivity index (χ4v) is 1.75. The summed E-state index contributed by atoms with van der Waals surface area (Å²) in [6.45, 7) is 4.95. The lowest BCUT2D eigenvalue weighted by molar-refractivity contribution is -0.130. The van der Waals surface area contributed by atoms with Crippen LogP contribution in [0.5, 0.6) is 0 Å². The molecule has 0 aliphatic carbocycles. The van der Waals surface area contributed by atoms with Crippen molar-refractivity contribution in [3.63, 3.8) is 0 Å². The lowest BCUT2D eigenvalue weighted by Gasteiger charge is -2.25. The summed E-state index contributed by atoms with van der Waals surface area (Å²) in [7, 11) is 1.92. The molecule has 1 aliphatic heterocycles. The van der Waals surface area contributed by atoms with Gasteiger partial charge in [-0.1, -0.05) is 6.92 Å². The molecule has 0 atom stereocenters. The standard InChI is InChI=1S/C10H21N3O/c1-3-8-13(2)12-10(14)9-4-6-11-7-5-9/h9,11H,3-8H2,1-2H3,(H,12,14). The van der Waals surface area contributed by atoms with Crippen molar-refractivity contribution in [1.82, 2.24) is 15.8 Å². The van der Waals surface area contributed by atoms with Gasteiger partial charge in [-0.3, -0.25) is 10.2 Å². The molecule has 0 unspecified atom stereocenters. The van der Waals surface area contributed by atoms with Crippen molar-refractivity contribution < 1.29 is 4.79 Å². The lowest BCUT2D eigenvalue weighted by atomic mass is 9.98. The summed E-state index contributed by atoms with van der Waals surface area (Å²) in [5.41, 5.74) is 2.92. The average Bonchev–Trinajstić information content (AvgIpc) is 2.19. The molecule has 0 aromatic carbocycles. The Hall–Kier alpha value is -0.610. The van der Waals surface area contributed by atoms with Gasteiger partial charge in [-0.25, -0.2) is 5.01 Å². The van der Waals surface area contributed by atoms with Gasteiger partial charge >= 0.3 is 0 Å². The smallest absolute Gasteiger partial charge is 0.237 e. The molecule has 0 aromatic rings. The molecule has 4 nitrogen and oxygen atoms in total. The number of hydrazine groups is 1. The van der Waals surface area contributed by atoms with Crippen molar-refractivity contribution in [2.75, 3.05) is 26.7 Å². The Labute approximate surface area is 86.0 Å². The minimum absolute atomic E-state index is 0.183. The van der Waals surface area contributed by atoms with E-state index in [2.05, 4.69) is 17.7 Å². The Morgan fingerprint density at radius 1 is 1.50 bits per heavy atom. The second-order valence-electron chi connectivity index (χ2n) is 3.92. The van der Waals surface area contributed by atoms with Crippen LogP contribution in [0.1, 0.15) is 26.2 Å². The van der Waals surface area contributed by atoms with Gasteiger partial charge in [0, 0.05) is 19.5 Å². The van der Waals surface area contributed by atoms with Crippen molar-refractivity contribution in [3.05, 3.63) is 0 Å². The van der Waals surface area contributed by atoms with E-state index in [1.165, 1.54) is 0 Å². The molecule has 4 heteroatoms. The second kappa shape index (κ2) is 5.98. The third-order valence-corrected chi connectivity index (χ3v) is 2.57. The van der Waals surface area contributed by atoms with E-state index in [4.69, 9.17) is 0 Å². The Bertz CT molecular complexity index is 178. The first-order valence-electron chi connectivity index (χ1n) is 5.46. The number of carbonyl (C=O) groups excluding carboxylic acids is 1. The van der Waals surface area contributed by atoms with Crippen molar-refractivity contribution in [2.45, 2.75) is 26.2 Å². The Morgan fingerprint density at radius 2 is 2.14 bits per heavy atom. The largest absolute Gasteiger partial charge is 0.317 e. The predicted octanol–water partition coefficient (Wildman–Crippen LogP) is 0.359. The second-order valence-corrected chi connectivity index (χ2v) is 3.92. The summed E-state index contributed by atoms with van der Waals surface area (Å²) in [5, 5.41) is 5.13. The van der Waals surface area contributed by atoms with E-state index < -0.39 is 0 Å². The number of nitrogens with one attached hydrogen (secondary N) is 2. The Balaban J connectivity index is 2.25. The summed E-state index contributed by atoms with van der Waals surface area (Å²) in [6, 6.07) is 0. The maximum atomic E-state index is 11.7. The van der Waals surface area contributed by atoms with Gasteiger partial charge in [0.15, 0.2) is 0 Å². The number of hydrogen-bond acceptors (Lipinski definition) is 3. The molecular formula is C10H21N3O. The van der Waals surface area contributed by atoms with E-state index in [1.54, 1.807) is 0 Å². The summed E-state index contributed by atoms with van der Waals surface area (Å²) in [5.74, 6) is 0.387. The fraction of sp³-hybridized carbons (Fsp3) is 0.900. The lowest BCUT2D eigenvalue weighted by Crippen LogP contribution is -2.45. The molecule has 1 rings (SSSR count). The summed E-state index contributed by atoms with van der Waals surface area (Å²) in [4.78, 5) is 11.7. The molecule has 1 heterocycles. The number of piperidine rings is 1. The van der Waals surface area contributed by atoms with Crippen LogP contribution in [0.15, 0.2) is 0 Å². The fourth-order valence-electron chi connectivity index (χ4n) is 1.75. The number of carbonyl (C=O) groups is 1. The summed E-state index contributed by atoms with van der Waals surface area (Å²) < 4.78 is 0. The molecule has 1 fully saturated rings. The maximum Gasteiger partial charge on any atom is 0.237 e. The van der Waals surface area contributed by atoms with Gasteiger partial charge in [0.05, 0.1) is 0 Å².